The average molecular weight is 356 g/mol. The number of fused-ring (bicyclic) bond motifs is 2. The predicted molar refractivity (Wildman–Crippen MR) is 92.6 cm³/mol. The van der Waals surface area contributed by atoms with Crippen LogP contribution in [0.25, 0.3) is 26.5 Å². The molecule has 0 saturated heterocycles. The Morgan fingerprint density at radius 3 is 2.24 bits per heavy atom. The smallest absolute Gasteiger partial charge is 0.267 e. The highest BCUT2D eigenvalue weighted by atomic mass is 79.9. The van der Waals surface area contributed by atoms with Crippen molar-refractivity contribution in [1.82, 2.24) is 3.96 Å². The Morgan fingerprint density at radius 1 is 0.810 bits per heavy atom. The van der Waals surface area contributed by atoms with E-state index in [4.69, 9.17) is 0 Å². The van der Waals surface area contributed by atoms with Crippen LogP contribution in [0.1, 0.15) is 0 Å². The normalized spacial score (nSPS) is 11.3. The summed E-state index contributed by atoms with van der Waals surface area (Å²) in [5.41, 5.74) is 0.975. The van der Waals surface area contributed by atoms with Gasteiger partial charge in [0.15, 0.2) is 0 Å². The standard InChI is InChI=1S/C17H10BrNOS/c18-14-9-10-15(12-6-2-1-5-11(12)14)19-17(20)13-7-3-4-8-16(13)21-19/h1-10H. The summed E-state index contributed by atoms with van der Waals surface area (Å²) in [5.74, 6) is 0. The molecule has 4 heteroatoms. The molecular weight excluding hydrogens is 346 g/mol. The minimum atomic E-state index is 0.0445. The molecule has 0 bridgehead atoms. The fourth-order valence-corrected chi connectivity index (χ4v) is 4.06. The van der Waals surface area contributed by atoms with E-state index in [0.717, 1.165) is 31.0 Å². The molecule has 0 aliphatic rings. The van der Waals surface area contributed by atoms with Gasteiger partial charge in [0, 0.05) is 9.86 Å². The molecule has 4 aromatic rings. The summed E-state index contributed by atoms with van der Waals surface area (Å²) in [6, 6.07) is 19.8. The summed E-state index contributed by atoms with van der Waals surface area (Å²) in [6.45, 7) is 0. The Balaban J connectivity index is 2.12. The van der Waals surface area contributed by atoms with Crippen molar-refractivity contribution < 1.29 is 0 Å². The molecule has 1 heterocycles. The van der Waals surface area contributed by atoms with Crippen LogP contribution in [0.5, 0.6) is 0 Å². The van der Waals surface area contributed by atoms with Crippen molar-refractivity contribution in [3.8, 4) is 5.69 Å². The van der Waals surface area contributed by atoms with Crippen molar-refractivity contribution in [3.63, 3.8) is 0 Å². The number of hydrogen-bond acceptors (Lipinski definition) is 2. The highest BCUT2D eigenvalue weighted by molar-refractivity contribution is 9.10. The topological polar surface area (TPSA) is 22.0 Å². The molecule has 4 rings (SSSR count). The number of hydrogen-bond donors (Lipinski definition) is 0. The van der Waals surface area contributed by atoms with Crippen LogP contribution >= 0.6 is 27.5 Å². The number of nitrogens with zero attached hydrogens (tertiary/aromatic N) is 1. The molecule has 21 heavy (non-hydrogen) atoms. The zero-order chi connectivity index (χ0) is 14.4. The van der Waals surface area contributed by atoms with Crippen molar-refractivity contribution in [2.45, 2.75) is 0 Å². The van der Waals surface area contributed by atoms with E-state index in [9.17, 15) is 4.79 Å². The monoisotopic (exact) mass is 355 g/mol. The summed E-state index contributed by atoms with van der Waals surface area (Å²) in [7, 11) is 0. The van der Waals surface area contributed by atoms with Gasteiger partial charge in [-0.1, -0.05) is 63.9 Å². The molecule has 0 radical (unpaired) electrons. The Morgan fingerprint density at radius 2 is 1.48 bits per heavy atom. The van der Waals surface area contributed by atoms with Gasteiger partial charge in [-0.3, -0.25) is 4.79 Å². The number of aromatic nitrogens is 1. The SMILES string of the molecule is O=c1c2ccccc2sn1-c1ccc(Br)c2ccccc12. The fourth-order valence-electron chi connectivity index (χ4n) is 2.55. The molecule has 1 aromatic heterocycles. The quantitative estimate of drug-likeness (QED) is 0.472. The second kappa shape index (κ2) is 4.83. The molecule has 0 unspecified atom stereocenters. The maximum atomic E-state index is 12.6. The molecule has 102 valence electrons. The molecule has 0 fully saturated rings. The first-order chi connectivity index (χ1) is 10.3. The van der Waals surface area contributed by atoms with E-state index in [0.29, 0.717) is 0 Å². The lowest BCUT2D eigenvalue weighted by Crippen LogP contribution is -2.10. The first-order valence-corrected chi connectivity index (χ1v) is 8.11. The maximum Gasteiger partial charge on any atom is 0.273 e. The largest absolute Gasteiger partial charge is 0.273 e. The molecule has 0 atom stereocenters. The molecule has 0 amide bonds. The van der Waals surface area contributed by atoms with Crippen LogP contribution in [-0.4, -0.2) is 3.96 Å². The van der Waals surface area contributed by atoms with E-state index >= 15 is 0 Å². The summed E-state index contributed by atoms with van der Waals surface area (Å²) >= 11 is 5.06. The summed E-state index contributed by atoms with van der Waals surface area (Å²) in [5, 5.41) is 2.95. The molecule has 2 nitrogen and oxygen atoms in total. The van der Waals surface area contributed by atoms with Gasteiger partial charge in [-0.25, -0.2) is 3.96 Å². The third kappa shape index (κ3) is 1.94. The first kappa shape index (κ1) is 12.8. The Kier molecular flexibility index (Phi) is 2.94. The zero-order valence-electron chi connectivity index (χ0n) is 10.9. The van der Waals surface area contributed by atoms with Gasteiger partial charge in [0.25, 0.3) is 5.56 Å². The second-order valence-electron chi connectivity index (χ2n) is 4.80. The molecule has 0 saturated carbocycles. The Bertz CT molecular complexity index is 1030. The molecule has 3 aromatic carbocycles. The molecule has 0 aliphatic heterocycles. The lowest BCUT2D eigenvalue weighted by molar-refractivity contribution is 1.16. The van der Waals surface area contributed by atoms with E-state index in [1.165, 1.54) is 11.5 Å². The third-order valence-corrected chi connectivity index (χ3v) is 5.35. The van der Waals surface area contributed by atoms with Crippen molar-refractivity contribution in [1.29, 1.82) is 0 Å². The van der Waals surface area contributed by atoms with E-state index in [-0.39, 0.29) is 5.56 Å². The fraction of sp³-hybridized carbons (Fsp3) is 0. The van der Waals surface area contributed by atoms with Crippen LogP contribution in [0.4, 0.5) is 0 Å². The second-order valence-corrected chi connectivity index (χ2v) is 6.64. The Hall–Kier alpha value is -1.91. The minimum Gasteiger partial charge on any atom is -0.267 e. The third-order valence-electron chi connectivity index (χ3n) is 3.56. The van der Waals surface area contributed by atoms with Gasteiger partial charge in [-0.15, -0.1) is 0 Å². The number of benzene rings is 3. The first-order valence-electron chi connectivity index (χ1n) is 6.54. The van der Waals surface area contributed by atoms with Gasteiger partial charge >= 0.3 is 0 Å². The summed E-state index contributed by atoms with van der Waals surface area (Å²) in [6.07, 6.45) is 0. The van der Waals surface area contributed by atoms with E-state index in [1.807, 2.05) is 54.6 Å². The van der Waals surface area contributed by atoms with E-state index in [1.54, 1.807) is 3.96 Å². The van der Waals surface area contributed by atoms with Crippen LogP contribution in [0.15, 0.2) is 69.9 Å². The van der Waals surface area contributed by atoms with Gasteiger partial charge < -0.3 is 0 Å². The lowest BCUT2D eigenvalue weighted by atomic mass is 10.1. The molecule has 0 aliphatic carbocycles. The zero-order valence-corrected chi connectivity index (χ0v) is 13.3. The van der Waals surface area contributed by atoms with Crippen molar-refractivity contribution >= 4 is 48.3 Å². The highest BCUT2D eigenvalue weighted by Gasteiger charge is 2.12. The van der Waals surface area contributed by atoms with Crippen molar-refractivity contribution in [2.24, 2.45) is 0 Å². The van der Waals surface area contributed by atoms with Crippen LogP contribution in [0.2, 0.25) is 0 Å². The summed E-state index contributed by atoms with van der Waals surface area (Å²) < 4.78 is 3.82. The minimum absolute atomic E-state index is 0.0445. The number of halogens is 1. The molecule has 0 spiro atoms. The van der Waals surface area contributed by atoms with Crippen LogP contribution in [0.3, 0.4) is 0 Å². The molecular formula is C17H10BrNOS. The van der Waals surface area contributed by atoms with Gasteiger partial charge in [-0.05, 0) is 29.7 Å². The average Bonchev–Trinajstić information content (AvgIpc) is 2.86. The summed E-state index contributed by atoms with van der Waals surface area (Å²) in [4.78, 5) is 12.6. The van der Waals surface area contributed by atoms with E-state index in [2.05, 4.69) is 22.0 Å². The lowest BCUT2D eigenvalue weighted by Gasteiger charge is -2.07. The van der Waals surface area contributed by atoms with Gasteiger partial charge in [0.1, 0.15) is 0 Å². The van der Waals surface area contributed by atoms with E-state index < -0.39 is 0 Å². The molecule has 0 N–H and O–H groups in total. The van der Waals surface area contributed by atoms with Crippen molar-refractivity contribution in [3.05, 3.63) is 75.5 Å². The van der Waals surface area contributed by atoms with Gasteiger partial charge in [0.2, 0.25) is 0 Å². The van der Waals surface area contributed by atoms with Gasteiger partial charge in [0.05, 0.1) is 15.8 Å². The highest BCUT2D eigenvalue weighted by Crippen LogP contribution is 2.30. The van der Waals surface area contributed by atoms with Crippen molar-refractivity contribution in [2.75, 3.05) is 0 Å². The maximum absolute atomic E-state index is 12.6. The predicted octanol–water partition coefficient (Wildman–Crippen LogP) is 4.97. The van der Waals surface area contributed by atoms with Gasteiger partial charge in [-0.2, -0.15) is 0 Å². The van der Waals surface area contributed by atoms with Crippen LogP contribution in [0, 0.1) is 0 Å². The van der Waals surface area contributed by atoms with Crippen LogP contribution in [-0.2, 0) is 0 Å². The Labute approximate surface area is 133 Å². The van der Waals surface area contributed by atoms with Crippen LogP contribution < -0.4 is 5.56 Å². The number of rotatable bonds is 1.